The van der Waals surface area contributed by atoms with Crippen LogP contribution >= 0.6 is 38.5 Å². The van der Waals surface area contributed by atoms with Crippen LogP contribution in [0, 0.1) is 3.70 Å². The number of hydrogen-bond donors (Lipinski definition) is 0. The van der Waals surface area contributed by atoms with E-state index in [-0.39, 0.29) is 28.8 Å². The minimum absolute atomic E-state index is 0.0763. The molecule has 0 fully saturated rings. The number of carbonyl (C=O) groups excluding carboxylic acids is 1. The zero-order valence-corrected chi connectivity index (χ0v) is 12.6. The first-order valence-corrected chi connectivity index (χ1v) is 6.91. The summed E-state index contributed by atoms with van der Waals surface area (Å²) in [5.41, 5.74) is 0.0650. The van der Waals surface area contributed by atoms with Gasteiger partial charge in [0.15, 0.2) is 0 Å². The van der Waals surface area contributed by atoms with Gasteiger partial charge < -0.3 is 4.74 Å². The van der Waals surface area contributed by atoms with Crippen molar-refractivity contribution >= 4 is 44.5 Å². The van der Waals surface area contributed by atoms with E-state index < -0.39 is 12.4 Å². The molecular weight excluding hydrogens is 411 g/mol. The third kappa shape index (κ3) is 3.57. The molecule has 1 rings (SSSR count). The van der Waals surface area contributed by atoms with Crippen molar-refractivity contribution in [2.24, 2.45) is 0 Å². The highest BCUT2D eigenvalue weighted by Gasteiger charge is 2.20. The second kappa shape index (κ2) is 6.58. The number of alkyl halides is 3. The number of nitrogens with zero attached hydrogens (tertiary/aromatic N) is 1. The van der Waals surface area contributed by atoms with Crippen molar-refractivity contribution in [1.29, 1.82) is 0 Å². The van der Waals surface area contributed by atoms with Gasteiger partial charge in [0, 0.05) is 10.9 Å². The van der Waals surface area contributed by atoms with Gasteiger partial charge in [0.2, 0.25) is 0 Å². The van der Waals surface area contributed by atoms with Gasteiger partial charge in [-0.1, -0.05) is 15.9 Å². The fourth-order valence-corrected chi connectivity index (χ4v) is 2.31. The molecule has 1 aromatic heterocycles. The normalized spacial score (nSPS) is 10.7. The summed E-state index contributed by atoms with van der Waals surface area (Å²) in [7, 11) is 0. The summed E-state index contributed by atoms with van der Waals surface area (Å²) in [5.74, 6) is -0.632. The second-order valence-electron chi connectivity index (χ2n) is 3.02. The Morgan fingerprint density at radius 3 is 2.76 bits per heavy atom. The van der Waals surface area contributed by atoms with Crippen LogP contribution in [-0.4, -0.2) is 17.6 Å². The monoisotopic (exact) mass is 419 g/mol. The van der Waals surface area contributed by atoms with Crippen LogP contribution in [0.25, 0.3) is 0 Å². The molecule has 0 bridgehead atoms. The molecule has 3 nitrogen and oxygen atoms in total. The van der Waals surface area contributed by atoms with Crippen LogP contribution in [0.4, 0.5) is 8.78 Å². The van der Waals surface area contributed by atoms with E-state index in [9.17, 15) is 13.6 Å². The average molecular weight is 420 g/mol. The van der Waals surface area contributed by atoms with Crippen molar-refractivity contribution in [3.63, 3.8) is 0 Å². The van der Waals surface area contributed by atoms with Crippen LogP contribution < -0.4 is 0 Å². The molecule has 0 aliphatic rings. The number of halogens is 4. The van der Waals surface area contributed by atoms with Crippen LogP contribution in [0.15, 0.2) is 6.07 Å². The predicted octanol–water partition coefficient (Wildman–Crippen LogP) is 3.70. The SMILES string of the molecule is CCOC(=O)c1cc(C(F)F)c(CBr)nc1I. The molecule has 0 aliphatic carbocycles. The molecule has 0 unspecified atom stereocenters. The quantitative estimate of drug-likeness (QED) is 0.323. The summed E-state index contributed by atoms with van der Waals surface area (Å²) in [6.07, 6.45) is -2.67. The number of pyridine rings is 1. The van der Waals surface area contributed by atoms with Gasteiger partial charge in [-0.15, -0.1) is 0 Å². The lowest BCUT2D eigenvalue weighted by Crippen LogP contribution is -2.11. The molecule has 7 heteroatoms. The first-order valence-electron chi connectivity index (χ1n) is 4.71. The fourth-order valence-electron chi connectivity index (χ4n) is 1.19. The van der Waals surface area contributed by atoms with Crippen LogP contribution in [0.5, 0.6) is 0 Å². The molecule has 0 N–H and O–H groups in total. The van der Waals surface area contributed by atoms with Gasteiger partial charge in [-0.3, -0.25) is 0 Å². The Morgan fingerprint density at radius 2 is 2.29 bits per heavy atom. The number of esters is 1. The van der Waals surface area contributed by atoms with Crippen LogP contribution in [0.3, 0.4) is 0 Å². The summed E-state index contributed by atoms with van der Waals surface area (Å²) in [6.45, 7) is 1.85. The molecule has 0 saturated heterocycles. The van der Waals surface area contributed by atoms with Gasteiger partial charge >= 0.3 is 5.97 Å². The zero-order valence-electron chi connectivity index (χ0n) is 8.84. The first kappa shape index (κ1) is 14.7. The number of carbonyl (C=O) groups is 1. The molecule has 0 spiro atoms. The van der Waals surface area contributed by atoms with Gasteiger partial charge in [-0.05, 0) is 35.6 Å². The molecule has 0 aromatic carbocycles. The van der Waals surface area contributed by atoms with Crippen molar-refractivity contribution < 1.29 is 18.3 Å². The summed E-state index contributed by atoms with van der Waals surface area (Å²) in [6, 6.07) is 1.15. The Bertz CT molecular complexity index is 429. The molecule has 0 saturated carbocycles. The number of aromatic nitrogens is 1. The molecule has 94 valence electrons. The lowest BCUT2D eigenvalue weighted by atomic mass is 10.1. The molecule has 0 atom stereocenters. The third-order valence-electron chi connectivity index (χ3n) is 1.95. The molecule has 1 aromatic rings. The van der Waals surface area contributed by atoms with Gasteiger partial charge in [0.05, 0.1) is 17.9 Å². The van der Waals surface area contributed by atoms with Gasteiger partial charge in [0.1, 0.15) is 3.70 Å². The predicted molar refractivity (Wildman–Crippen MR) is 70.5 cm³/mol. The number of ether oxygens (including phenoxy) is 1. The highest BCUT2D eigenvalue weighted by Crippen LogP contribution is 2.26. The Balaban J connectivity index is 3.24. The average Bonchev–Trinajstić information content (AvgIpc) is 2.28. The smallest absolute Gasteiger partial charge is 0.340 e. The Hall–Kier alpha value is -0.310. The van der Waals surface area contributed by atoms with E-state index in [1.807, 2.05) is 22.6 Å². The molecular formula is C10H9BrF2INO2. The molecule has 0 aliphatic heterocycles. The standard InChI is InChI=1S/C10H9BrF2INO2/c1-2-17-10(16)6-3-5(8(12)13)7(4-11)15-9(6)14/h3,8H,2,4H2,1H3. The maximum absolute atomic E-state index is 12.8. The van der Waals surface area contributed by atoms with Crippen molar-refractivity contribution in [1.82, 2.24) is 4.98 Å². The summed E-state index contributed by atoms with van der Waals surface area (Å²) >= 11 is 4.91. The van der Waals surface area contributed by atoms with Crippen LogP contribution in [-0.2, 0) is 10.1 Å². The maximum Gasteiger partial charge on any atom is 0.340 e. The van der Waals surface area contributed by atoms with Crippen molar-refractivity contribution in [2.45, 2.75) is 18.7 Å². The van der Waals surface area contributed by atoms with E-state index in [0.717, 1.165) is 6.07 Å². The molecule has 0 amide bonds. The highest BCUT2D eigenvalue weighted by atomic mass is 127. The minimum Gasteiger partial charge on any atom is -0.462 e. The second-order valence-corrected chi connectivity index (χ2v) is 4.60. The maximum atomic E-state index is 12.8. The first-order chi connectivity index (χ1) is 8.01. The number of rotatable bonds is 4. The van der Waals surface area contributed by atoms with Crippen molar-refractivity contribution in [3.05, 3.63) is 26.6 Å². The highest BCUT2D eigenvalue weighted by molar-refractivity contribution is 14.1. The van der Waals surface area contributed by atoms with E-state index in [1.165, 1.54) is 0 Å². The Kier molecular flexibility index (Phi) is 5.71. The largest absolute Gasteiger partial charge is 0.462 e. The molecule has 1 heterocycles. The van der Waals surface area contributed by atoms with E-state index in [1.54, 1.807) is 6.92 Å². The van der Waals surface area contributed by atoms with Crippen molar-refractivity contribution in [2.75, 3.05) is 6.61 Å². The molecule has 0 radical (unpaired) electrons. The van der Waals surface area contributed by atoms with Gasteiger partial charge in [-0.2, -0.15) is 0 Å². The fraction of sp³-hybridized carbons (Fsp3) is 0.400. The summed E-state index contributed by atoms with van der Waals surface area (Å²) in [4.78, 5) is 15.5. The van der Waals surface area contributed by atoms with Gasteiger partial charge in [-0.25, -0.2) is 18.6 Å². The van der Waals surface area contributed by atoms with Crippen LogP contribution in [0.1, 0.15) is 35.0 Å². The summed E-state index contributed by atoms with van der Waals surface area (Å²) in [5, 5.41) is 0.214. The Morgan fingerprint density at radius 1 is 1.65 bits per heavy atom. The van der Waals surface area contributed by atoms with E-state index in [0.29, 0.717) is 3.70 Å². The summed E-state index contributed by atoms with van der Waals surface area (Å²) < 4.78 is 30.7. The zero-order chi connectivity index (χ0) is 13.0. The number of hydrogen-bond acceptors (Lipinski definition) is 3. The lowest BCUT2D eigenvalue weighted by Gasteiger charge is -2.10. The van der Waals surface area contributed by atoms with E-state index in [2.05, 4.69) is 20.9 Å². The minimum atomic E-state index is -2.67. The van der Waals surface area contributed by atoms with Gasteiger partial charge in [0.25, 0.3) is 6.43 Å². The lowest BCUT2D eigenvalue weighted by molar-refractivity contribution is 0.0524. The Labute approximate surface area is 119 Å². The topological polar surface area (TPSA) is 39.2 Å². The third-order valence-corrected chi connectivity index (χ3v) is 3.30. The molecule has 17 heavy (non-hydrogen) atoms. The van der Waals surface area contributed by atoms with E-state index in [4.69, 9.17) is 4.74 Å². The van der Waals surface area contributed by atoms with Crippen molar-refractivity contribution in [3.8, 4) is 0 Å². The van der Waals surface area contributed by atoms with E-state index >= 15 is 0 Å². The van der Waals surface area contributed by atoms with Crippen LogP contribution in [0.2, 0.25) is 0 Å².